The molecule has 2 heterocycles. The number of guanidine groups is 1. The SMILES string of the molecule is CCNC(=NCC(C)CN1CCCC1)N1CCc2ccccc21.I. The third-order valence-corrected chi connectivity index (χ3v) is 4.80. The summed E-state index contributed by atoms with van der Waals surface area (Å²) in [5, 5.41) is 3.48. The highest BCUT2D eigenvalue weighted by Crippen LogP contribution is 2.27. The molecule has 5 heteroatoms. The van der Waals surface area contributed by atoms with Crippen LogP contribution in [0.4, 0.5) is 5.69 Å². The second-order valence-electron chi connectivity index (χ2n) is 6.84. The van der Waals surface area contributed by atoms with Gasteiger partial charge in [-0.05, 0) is 56.8 Å². The van der Waals surface area contributed by atoms with Crippen LogP contribution in [0.1, 0.15) is 32.3 Å². The summed E-state index contributed by atoms with van der Waals surface area (Å²) in [6.45, 7) is 11.0. The molecule has 0 bridgehead atoms. The predicted molar refractivity (Wildman–Crippen MR) is 114 cm³/mol. The fourth-order valence-corrected chi connectivity index (χ4v) is 3.66. The second-order valence-corrected chi connectivity index (χ2v) is 6.84. The Bertz CT molecular complexity index is 540. The zero-order valence-corrected chi connectivity index (χ0v) is 17.3. The first kappa shape index (κ1) is 19.5. The maximum absolute atomic E-state index is 4.94. The minimum Gasteiger partial charge on any atom is -0.356 e. The number of fused-ring (bicyclic) bond motifs is 1. The number of nitrogens with zero attached hydrogens (tertiary/aromatic N) is 3. The topological polar surface area (TPSA) is 30.9 Å². The third kappa shape index (κ3) is 4.85. The van der Waals surface area contributed by atoms with Crippen molar-refractivity contribution < 1.29 is 0 Å². The molecule has 0 radical (unpaired) electrons. The molecule has 134 valence electrons. The van der Waals surface area contributed by atoms with Gasteiger partial charge in [-0.15, -0.1) is 24.0 Å². The van der Waals surface area contributed by atoms with Gasteiger partial charge in [0.25, 0.3) is 0 Å². The van der Waals surface area contributed by atoms with Crippen molar-refractivity contribution in [3.05, 3.63) is 29.8 Å². The Kier molecular flexibility index (Phi) is 7.81. The first-order chi connectivity index (χ1) is 11.3. The van der Waals surface area contributed by atoms with Crippen molar-refractivity contribution in [3.8, 4) is 0 Å². The molecule has 2 aliphatic heterocycles. The van der Waals surface area contributed by atoms with Gasteiger partial charge in [0.1, 0.15) is 0 Å². The highest BCUT2D eigenvalue weighted by Gasteiger charge is 2.22. The van der Waals surface area contributed by atoms with Crippen molar-refractivity contribution >= 4 is 35.6 Å². The van der Waals surface area contributed by atoms with Gasteiger partial charge >= 0.3 is 0 Å². The quantitative estimate of drug-likeness (QED) is 0.431. The molecule has 1 atom stereocenters. The summed E-state index contributed by atoms with van der Waals surface area (Å²) in [7, 11) is 0. The number of anilines is 1. The van der Waals surface area contributed by atoms with Gasteiger partial charge in [-0.1, -0.05) is 25.1 Å². The van der Waals surface area contributed by atoms with Gasteiger partial charge in [0.2, 0.25) is 0 Å². The van der Waals surface area contributed by atoms with E-state index >= 15 is 0 Å². The van der Waals surface area contributed by atoms with E-state index in [1.54, 1.807) is 0 Å². The zero-order chi connectivity index (χ0) is 16.1. The van der Waals surface area contributed by atoms with Crippen molar-refractivity contribution in [2.45, 2.75) is 33.1 Å². The summed E-state index contributed by atoms with van der Waals surface area (Å²) in [6.07, 6.45) is 3.84. The van der Waals surface area contributed by atoms with Crippen LogP contribution in [-0.2, 0) is 6.42 Å². The minimum absolute atomic E-state index is 0. The molecule has 1 aromatic rings. The Morgan fingerprint density at radius 3 is 2.71 bits per heavy atom. The van der Waals surface area contributed by atoms with Crippen LogP contribution < -0.4 is 10.2 Å². The Morgan fingerprint density at radius 2 is 1.96 bits per heavy atom. The van der Waals surface area contributed by atoms with Gasteiger partial charge in [-0.3, -0.25) is 4.99 Å². The smallest absolute Gasteiger partial charge is 0.198 e. The van der Waals surface area contributed by atoms with Crippen LogP contribution in [0.3, 0.4) is 0 Å². The van der Waals surface area contributed by atoms with E-state index in [0.29, 0.717) is 5.92 Å². The highest BCUT2D eigenvalue weighted by molar-refractivity contribution is 14.0. The van der Waals surface area contributed by atoms with Gasteiger partial charge in [-0.25, -0.2) is 0 Å². The van der Waals surface area contributed by atoms with Crippen LogP contribution in [0.2, 0.25) is 0 Å². The Labute approximate surface area is 163 Å². The standard InChI is InChI=1S/C19H30N4.HI/c1-3-20-19(21-14-16(2)15-22-11-6-7-12-22)23-13-10-17-8-4-5-9-18(17)23;/h4-5,8-9,16H,3,6-7,10-15H2,1-2H3,(H,20,21);1H. The summed E-state index contributed by atoms with van der Waals surface area (Å²) >= 11 is 0. The molecule has 4 nitrogen and oxygen atoms in total. The number of rotatable bonds is 5. The number of likely N-dealkylation sites (tertiary alicyclic amines) is 1. The predicted octanol–water partition coefficient (Wildman–Crippen LogP) is 3.36. The number of hydrogen-bond acceptors (Lipinski definition) is 2. The van der Waals surface area contributed by atoms with Crippen LogP contribution in [0.15, 0.2) is 29.3 Å². The second kappa shape index (κ2) is 9.61. The largest absolute Gasteiger partial charge is 0.356 e. The summed E-state index contributed by atoms with van der Waals surface area (Å²) in [4.78, 5) is 9.87. The summed E-state index contributed by atoms with van der Waals surface area (Å²) in [6, 6.07) is 8.69. The van der Waals surface area contributed by atoms with Gasteiger partial charge in [0, 0.05) is 31.9 Å². The molecular formula is C19H31IN4. The lowest BCUT2D eigenvalue weighted by Gasteiger charge is -2.24. The van der Waals surface area contributed by atoms with E-state index in [0.717, 1.165) is 32.0 Å². The van der Waals surface area contributed by atoms with E-state index in [1.165, 1.54) is 43.7 Å². The van der Waals surface area contributed by atoms with E-state index in [4.69, 9.17) is 4.99 Å². The van der Waals surface area contributed by atoms with Gasteiger partial charge in [-0.2, -0.15) is 0 Å². The van der Waals surface area contributed by atoms with Crippen molar-refractivity contribution in [3.63, 3.8) is 0 Å². The van der Waals surface area contributed by atoms with Gasteiger partial charge < -0.3 is 15.1 Å². The first-order valence-electron chi connectivity index (χ1n) is 9.14. The number of nitrogens with one attached hydrogen (secondary N) is 1. The molecule has 1 saturated heterocycles. The van der Waals surface area contributed by atoms with Crippen molar-refractivity contribution in [2.75, 3.05) is 44.2 Å². The van der Waals surface area contributed by atoms with Crippen LogP contribution in [-0.4, -0.2) is 50.1 Å². The number of aliphatic imine (C=N–C) groups is 1. The van der Waals surface area contributed by atoms with Crippen LogP contribution in [0.25, 0.3) is 0 Å². The third-order valence-electron chi connectivity index (χ3n) is 4.80. The minimum atomic E-state index is 0. The highest BCUT2D eigenvalue weighted by atomic mass is 127. The lowest BCUT2D eigenvalue weighted by atomic mass is 10.2. The van der Waals surface area contributed by atoms with Crippen molar-refractivity contribution in [1.82, 2.24) is 10.2 Å². The molecule has 1 fully saturated rings. The molecule has 2 aliphatic rings. The summed E-state index contributed by atoms with van der Waals surface area (Å²) < 4.78 is 0. The molecule has 0 aliphatic carbocycles. The molecule has 0 spiro atoms. The maximum Gasteiger partial charge on any atom is 0.198 e. The zero-order valence-electron chi connectivity index (χ0n) is 15.0. The average Bonchev–Trinajstić information content (AvgIpc) is 3.21. The van der Waals surface area contributed by atoms with Crippen LogP contribution in [0, 0.1) is 5.92 Å². The van der Waals surface area contributed by atoms with Crippen LogP contribution in [0.5, 0.6) is 0 Å². The Balaban J connectivity index is 0.00000208. The van der Waals surface area contributed by atoms with Crippen molar-refractivity contribution in [2.24, 2.45) is 10.9 Å². The molecular weight excluding hydrogens is 411 g/mol. The summed E-state index contributed by atoms with van der Waals surface area (Å²) in [5.74, 6) is 1.66. The van der Waals surface area contributed by atoms with Gasteiger partial charge in [0.15, 0.2) is 5.96 Å². The lowest BCUT2D eigenvalue weighted by Crippen LogP contribution is -2.41. The number of benzene rings is 1. The number of halogens is 1. The Morgan fingerprint density at radius 1 is 1.21 bits per heavy atom. The lowest BCUT2D eigenvalue weighted by molar-refractivity contribution is 0.291. The first-order valence-corrected chi connectivity index (χ1v) is 9.14. The molecule has 3 rings (SSSR count). The van der Waals surface area contributed by atoms with E-state index in [-0.39, 0.29) is 24.0 Å². The maximum atomic E-state index is 4.94. The van der Waals surface area contributed by atoms with E-state index < -0.39 is 0 Å². The van der Waals surface area contributed by atoms with E-state index in [2.05, 4.69) is 53.2 Å². The number of hydrogen-bond donors (Lipinski definition) is 1. The molecule has 1 aromatic carbocycles. The molecule has 1 N–H and O–H groups in total. The normalized spacial score (nSPS) is 19.1. The average molecular weight is 442 g/mol. The molecule has 0 aromatic heterocycles. The van der Waals surface area contributed by atoms with Crippen LogP contribution >= 0.6 is 24.0 Å². The molecule has 24 heavy (non-hydrogen) atoms. The fraction of sp³-hybridized carbons (Fsp3) is 0.632. The van der Waals surface area contributed by atoms with Gasteiger partial charge in [0.05, 0.1) is 0 Å². The van der Waals surface area contributed by atoms with E-state index in [9.17, 15) is 0 Å². The molecule has 0 amide bonds. The summed E-state index contributed by atoms with van der Waals surface area (Å²) in [5.41, 5.74) is 2.75. The fourth-order valence-electron chi connectivity index (χ4n) is 3.66. The Hall–Kier alpha value is -0.820. The monoisotopic (exact) mass is 442 g/mol. The molecule has 1 unspecified atom stereocenters. The molecule has 0 saturated carbocycles. The number of para-hydroxylation sites is 1. The van der Waals surface area contributed by atoms with Crippen molar-refractivity contribution in [1.29, 1.82) is 0 Å². The van der Waals surface area contributed by atoms with E-state index in [1.807, 2.05) is 0 Å².